The molecule has 7 nitrogen and oxygen atoms in total. The first-order chi connectivity index (χ1) is 16.0. The van der Waals surface area contributed by atoms with Crippen molar-refractivity contribution in [2.24, 2.45) is 0 Å². The Morgan fingerprint density at radius 3 is 2.88 bits per heavy atom. The van der Waals surface area contributed by atoms with Crippen LogP contribution in [0, 0.1) is 0 Å². The molecule has 0 bridgehead atoms. The lowest BCUT2D eigenvalue weighted by Gasteiger charge is -2.11. The number of rotatable bonds is 7. The van der Waals surface area contributed by atoms with Crippen LogP contribution < -0.4 is 20.4 Å². The highest BCUT2D eigenvalue weighted by Gasteiger charge is 2.21. The van der Waals surface area contributed by atoms with Gasteiger partial charge in [-0.1, -0.05) is 11.6 Å². The van der Waals surface area contributed by atoms with Gasteiger partial charge in [0.15, 0.2) is 6.61 Å². The Bertz CT molecular complexity index is 1420. The summed E-state index contributed by atoms with van der Waals surface area (Å²) in [5.74, 6) is 0.831. The van der Waals surface area contributed by atoms with E-state index in [0.717, 1.165) is 58.0 Å². The van der Waals surface area contributed by atoms with Crippen molar-refractivity contribution in [3.63, 3.8) is 0 Å². The highest BCUT2D eigenvalue weighted by Crippen LogP contribution is 2.34. The molecular formula is C25H23ClN2O5. The first kappa shape index (κ1) is 21.4. The number of halogens is 1. The average Bonchev–Trinajstić information content (AvgIpc) is 3.46. The molecule has 1 aliphatic rings. The van der Waals surface area contributed by atoms with Crippen molar-refractivity contribution in [3.05, 3.63) is 68.7 Å². The Morgan fingerprint density at radius 2 is 2.03 bits per heavy atom. The fourth-order valence-electron chi connectivity index (χ4n) is 4.42. The number of ether oxygens (including phenoxy) is 2. The zero-order valence-corrected chi connectivity index (χ0v) is 18.9. The monoisotopic (exact) mass is 466 g/mol. The topological polar surface area (TPSA) is 93.6 Å². The van der Waals surface area contributed by atoms with Gasteiger partial charge in [-0.3, -0.25) is 4.79 Å². The van der Waals surface area contributed by atoms with Crippen LogP contribution in [0.5, 0.6) is 11.5 Å². The summed E-state index contributed by atoms with van der Waals surface area (Å²) >= 11 is 6.39. The van der Waals surface area contributed by atoms with E-state index in [0.29, 0.717) is 29.3 Å². The maximum absolute atomic E-state index is 12.3. The molecule has 8 heteroatoms. The largest absolute Gasteiger partial charge is 0.497 e. The minimum atomic E-state index is -0.309. The lowest BCUT2D eigenvalue weighted by atomic mass is 10.1. The number of aromatic nitrogens is 1. The van der Waals surface area contributed by atoms with Gasteiger partial charge in [0.25, 0.3) is 5.91 Å². The van der Waals surface area contributed by atoms with Gasteiger partial charge in [0.2, 0.25) is 0 Å². The lowest BCUT2D eigenvalue weighted by molar-refractivity contribution is -0.123. The van der Waals surface area contributed by atoms with E-state index in [9.17, 15) is 9.59 Å². The molecule has 0 radical (unpaired) electrons. The van der Waals surface area contributed by atoms with Crippen molar-refractivity contribution in [2.75, 3.05) is 20.3 Å². The van der Waals surface area contributed by atoms with E-state index >= 15 is 0 Å². The third-order valence-corrected chi connectivity index (χ3v) is 6.37. The van der Waals surface area contributed by atoms with Crippen molar-refractivity contribution in [3.8, 4) is 11.5 Å². The van der Waals surface area contributed by atoms with E-state index < -0.39 is 0 Å². The van der Waals surface area contributed by atoms with Crippen LogP contribution in [-0.4, -0.2) is 31.2 Å². The minimum absolute atomic E-state index is 0.192. The third kappa shape index (κ3) is 4.16. The molecule has 1 aliphatic carbocycles. The number of H-pyrrole nitrogens is 1. The number of hydrogen-bond donors (Lipinski definition) is 2. The Hall–Kier alpha value is -3.45. The predicted molar refractivity (Wildman–Crippen MR) is 127 cm³/mol. The van der Waals surface area contributed by atoms with Crippen LogP contribution in [0.4, 0.5) is 0 Å². The molecule has 33 heavy (non-hydrogen) atoms. The Kier molecular flexibility index (Phi) is 5.72. The van der Waals surface area contributed by atoms with Crippen LogP contribution in [0.3, 0.4) is 0 Å². The quantitative estimate of drug-likeness (QED) is 0.399. The number of aromatic amines is 1. The smallest absolute Gasteiger partial charge is 0.339 e. The number of benzene rings is 2. The summed E-state index contributed by atoms with van der Waals surface area (Å²) in [6.45, 7) is 0.265. The fourth-order valence-corrected chi connectivity index (χ4v) is 4.63. The van der Waals surface area contributed by atoms with E-state index in [1.165, 1.54) is 0 Å². The highest BCUT2D eigenvalue weighted by atomic mass is 35.5. The second-order valence-corrected chi connectivity index (χ2v) is 8.50. The van der Waals surface area contributed by atoms with Gasteiger partial charge in [-0.15, -0.1) is 0 Å². The number of nitrogens with one attached hydrogen (secondary N) is 2. The van der Waals surface area contributed by atoms with Crippen LogP contribution in [0.25, 0.3) is 21.9 Å². The van der Waals surface area contributed by atoms with E-state index in [1.807, 2.05) is 24.4 Å². The van der Waals surface area contributed by atoms with Crippen LogP contribution >= 0.6 is 11.6 Å². The van der Waals surface area contributed by atoms with Gasteiger partial charge in [-0.25, -0.2) is 4.79 Å². The molecule has 0 unspecified atom stereocenters. The predicted octanol–water partition coefficient (Wildman–Crippen LogP) is 4.16. The van der Waals surface area contributed by atoms with Gasteiger partial charge in [0, 0.05) is 40.7 Å². The third-order valence-electron chi connectivity index (χ3n) is 6.08. The molecule has 2 aromatic carbocycles. The van der Waals surface area contributed by atoms with E-state index in [-0.39, 0.29) is 18.1 Å². The first-order valence-corrected chi connectivity index (χ1v) is 11.2. The molecule has 2 heterocycles. The van der Waals surface area contributed by atoms with E-state index in [4.69, 9.17) is 25.5 Å². The average molecular weight is 467 g/mol. The molecule has 2 N–H and O–H groups in total. The Morgan fingerprint density at radius 1 is 1.18 bits per heavy atom. The van der Waals surface area contributed by atoms with Crippen molar-refractivity contribution < 1.29 is 18.7 Å². The van der Waals surface area contributed by atoms with Crippen molar-refractivity contribution in [2.45, 2.75) is 25.7 Å². The number of carbonyl (C=O) groups is 1. The second kappa shape index (κ2) is 8.83. The first-order valence-electron chi connectivity index (χ1n) is 10.8. The summed E-state index contributed by atoms with van der Waals surface area (Å²) in [5.41, 5.74) is 3.96. The number of hydrogen-bond acceptors (Lipinski definition) is 5. The molecule has 0 fully saturated rings. The summed E-state index contributed by atoms with van der Waals surface area (Å²) in [5, 5.41) is 5.14. The number of aryl methyl sites for hydroxylation is 1. The number of fused-ring (bicyclic) bond motifs is 4. The SMILES string of the molecule is COc1ccc2[nH]cc(CCNC(=O)COc3cc4oc(=O)c5c(c4cc3Cl)CCC5)c2c1. The van der Waals surface area contributed by atoms with Crippen molar-refractivity contribution in [1.82, 2.24) is 10.3 Å². The van der Waals surface area contributed by atoms with Crippen LogP contribution in [0.2, 0.25) is 5.02 Å². The Balaban J connectivity index is 1.21. The normalized spacial score (nSPS) is 12.8. The van der Waals surface area contributed by atoms with Crippen LogP contribution in [0.1, 0.15) is 23.1 Å². The summed E-state index contributed by atoms with van der Waals surface area (Å²) in [4.78, 5) is 27.7. The van der Waals surface area contributed by atoms with Gasteiger partial charge in [0.05, 0.1) is 12.1 Å². The summed E-state index contributed by atoms with van der Waals surface area (Å²) in [6, 6.07) is 9.18. The zero-order valence-electron chi connectivity index (χ0n) is 18.1. The fraction of sp³-hybridized carbons (Fsp3) is 0.280. The van der Waals surface area contributed by atoms with Crippen LogP contribution in [0.15, 0.2) is 45.7 Å². The van der Waals surface area contributed by atoms with E-state index in [2.05, 4.69) is 10.3 Å². The van der Waals surface area contributed by atoms with Crippen molar-refractivity contribution >= 4 is 39.4 Å². The molecule has 0 saturated heterocycles. The molecule has 170 valence electrons. The molecule has 0 aliphatic heterocycles. The molecule has 0 saturated carbocycles. The Labute approximate surface area is 194 Å². The minimum Gasteiger partial charge on any atom is -0.497 e. The number of amides is 1. The van der Waals surface area contributed by atoms with Gasteiger partial charge in [-0.2, -0.15) is 0 Å². The summed E-state index contributed by atoms with van der Waals surface area (Å²) in [6.07, 6.45) is 5.09. The van der Waals surface area contributed by atoms with Gasteiger partial charge >= 0.3 is 5.63 Å². The summed E-state index contributed by atoms with van der Waals surface area (Å²) in [7, 11) is 1.63. The van der Waals surface area contributed by atoms with Gasteiger partial charge in [0.1, 0.15) is 17.1 Å². The standard InChI is InChI=1S/C25H23ClN2O5/c1-31-15-5-6-21-18(9-15)14(12-28-21)7-8-27-24(29)13-32-23-11-22-19(10-20(23)26)16-3-2-4-17(16)25(30)33-22/h5-6,9-12,28H,2-4,7-8,13H2,1H3,(H,27,29). The lowest BCUT2D eigenvalue weighted by Crippen LogP contribution is -2.30. The summed E-state index contributed by atoms with van der Waals surface area (Å²) < 4.78 is 16.4. The zero-order chi connectivity index (χ0) is 22.9. The molecule has 1 amide bonds. The van der Waals surface area contributed by atoms with Crippen LogP contribution in [-0.2, 0) is 24.1 Å². The molecule has 5 rings (SSSR count). The molecule has 0 spiro atoms. The second-order valence-electron chi connectivity index (χ2n) is 8.09. The highest BCUT2D eigenvalue weighted by molar-refractivity contribution is 6.32. The molecule has 4 aromatic rings. The molecule has 0 atom stereocenters. The van der Waals surface area contributed by atoms with Gasteiger partial charge < -0.3 is 24.2 Å². The molecular weight excluding hydrogens is 444 g/mol. The number of carbonyl (C=O) groups excluding carboxylic acids is 1. The maximum atomic E-state index is 12.3. The molecule has 2 aromatic heterocycles. The van der Waals surface area contributed by atoms with E-state index in [1.54, 1.807) is 19.2 Å². The maximum Gasteiger partial charge on any atom is 0.339 e. The van der Waals surface area contributed by atoms with Crippen molar-refractivity contribution in [1.29, 1.82) is 0 Å². The van der Waals surface area contributed by atoms with Gasteiger partial charge in [-0.05, 0) is 61.1 Å². The number of methoxy groups -OCH3 is 1.